The number of ether oxygens (including phenoxy) is 1. The Morgan fingerprint density at radius 3 is 2.43 bits per heavy atom. The van der Waals surface area contributed by atoms with Crippen molar-refractivity contribution in [2.45, 2.75) is 66.3 Å². The van der Waals surface area contributed by atoms with Gasteiger partial charge >= 0.3 is 0 Å². The second-order valence-electron chi connectivity index (χ2n) is 7.24. The maximum Gasteiger partial charge on any atom is 0.0593 e. The fourth-order valence-electron chi connectivity index (χ4n) is 3.81. The maximum absolute atomic E-state index is 6.07. The second kappa shape index (κ2) is 9.12. The van der Waals surface area contributed by atoms with E-state index in [4.69, 9.17) is 10.5 Å². The molecule has 2 N–H and O–H groups in total. The Morgan fingerprint density at radius 2 is 1.90 bits per heavy atom. The van der Waals surface area contributed by atoms with Crippen molar-refractivity contribution in [3.05, 3.63) is 0 Å². The highest BCUT2D eigenvalue weighted by Gasteiger charge is 2.38. The summed E-state index contributed by atoms with van der Waals surface area (Å²) in [6, 6.07) is 0.644. The molecule has 0 aromatic carbocycles. The minimum Gasteiger partial charge on any atom is -0.380 e. The van der Waals surface area contributed by atoms with E-state index in [2.05, 4.69) is 39.5 Å². The van der Waals surface area contributed by atoms with E-state index in [9.17, 15) is 0 Å². The third-order valence-corrected chi connectivity index (χ3v) is 5.88. The summed E-state index contributed by atoms with van der Waals surface area (Å²) in [5, 5.41) is 0. The zero-order valence-corrected chi connectivity index (χ0v) is 15.0. The van der Waals surface area contributed by atoms with Crippen LogP contribution in [0, 0.1) is 17.3 Å². The average Bonchev–Trinajstić information content (AvgIpc) is 2.51. The summed E-state index contributed by atoms with van der Waals surface area (Å²) in [5.41, 5.74) is 6.53. The van der Waals surface area contributed by atoms with Crippen LogP contribution in [0.4, 0.5) is 0 Å². The van der Waals surface area contributed by atoms with Gasteiger partial charge in [-0.3, -0.25) is 4.90 Å². The molecule has 3 atom stereocenters. The molecule has 1 aliphatic carbocycles. The first-order chi connectivity index (χ1) is 10.00. The zero-order valence-electron chi connectivity index (χ0n) is 15.0. The highest BCUT2D eigenvalue weighted by molar-refractivity contribution is 4.91. The van der Waals surface area contributed by atoms with Gasteiger partial charge in [-0.05, 0) is 56.5 Å². The summed E-state index contributed by atoms with van der Waals surface area (Å²) < 4.78 is 5.57. The van der Waals surface area contributed by atoms with Crippen molar-refractivity contribution in [3.63, 3.8) is 0 Å². The SMILES string of the molecule is CCOCCN(CC)C1CC(C(C)(C)CC)CCC1CN. The maximum atomic E-state index is 6.07. The number of hydrogen-bond acceptors (Lipinski definition) is 3. The molecular formula is C18H38N2O. The molecule has 0 amide bonds. The van der Waals surface area contributed by atoms with Gasteiger partial charge in [0.05, 0.1) is 6.61 Å². The molecule has 3 nitrogen and oxygen atoms in total. The van der Waals surface area contributed by atoms with E-state index >= 15 is 0 Å². The zero-order chi connectivity index (χ0) is 15.9. The van der Waals surface area contributed by atoms with Crippen molar-refractivity contribution in [1.29, 1.82) is 0 Å². The number of rotatable bonds is 9. The summed E-state index contributed by atoms with van der Waals surface area (Å²) in [6.45, 7) is 16.2. The molecule has 0 radical (unpaired) electrons. The lowest BCUT2D eigenvalue weighted by Crippen LogP contribution is -2.49. The van der Waals surface area contributed by atoms with Crippen molar-refractivity contribution in [2.24, 2.45) is 23.0 Å². The lowest BCUT2D eigenvalue weighted by atomic mass is 9.65. The van der Waals surface area contributed by atoms with Crippen LogP contribution in [0.15, 0.2) is 0 Å². The standard InChI is InChI=1S/C18H38N2O/c1-6-18(4,5)16-10-9-15(14-19)17(13-16)20(7-2)11-12-21-8-3/h15-17H,6-14,19H2,1-5H3. The van der Waals surface area contributed by atoms with Crippen LogP contribution in [0.2, 0.25) is 0 Å². The molecule has 0 aliphatic heterocycles. The molecule has 126 valence electrons. The minimum absolute atomic E-state index is 0.456. The molecule has 1 rings (SSSR count). The molecule has 1 fully saturated rings. The van der Waals surface area contributed by atoms with Crippen LogP contribution < -0.4 is 5.73 Å². The highest BCUT2D eigenvalue weighted by atomic mass is 16.5. The lowest BCUT2D eigenvalue weighted by molar-refractivity contribution is 0.0227. The molecule has 0 heterocycles. The van der Waals surface area contributed by atoms with Crippen molar-refractivity contribution in [1.82, 2.24) is 4.90 Å². The van der Waals surface area contributed by atoms with E-state index in [0.29, 0.717) is 17.4 Å². The Labute approximate surface area is 132 Å². The van der Waals surface area contributed by atoms with Gasteiger partial charge in [0, 0.05) is 19.2 Å². The molecule has 0 saturated heterocycles. The molecule has 0 bridgehead atoms. The van der Waals surface area contributed by atoms with Crippen LogP contribution in [-0.4, -0.2) is 43.8 Å². The van der Waals surface area contributed by atoms with E-state index in [1.54, 1.807) is 0 Å². The van der Waals surface area contributed by atoms with E-state index in [-0.39, 0.29) is 0 Å². The van der Waals surface area contributed by atoms with Gasteiger partial charge in [0.15, 0.2) is 0 Å². The van der Waals surface area contributed by atoms with Crippen LogP contribution in [0.3, 0.4) is 0 Å². The minimum atomic E-state index is 0.456. The summed E-state index contributed by atoms with van der Waals surface area (Å²) >= 11 is 0. The lowest BCUT2D eigenvalue weighted by Gasteiger charge is -2.46. The monoisotopic (exact) mass is 298 g/mol. The highest BCUT2D eigenvalue weighted by Crippen LogP contribution is 2.43. The summed E-state index contributed by atoms with van der Waals surface area (Å²) in [5.74, 6) is 1.49. The quantitative estimate of drug-likeness (QED) is 0.662. The van der Waals surface area contributed by atoms with Gasteiger partial charge in [-0.1, -0.05) is 34.1 Å². The van der Waals surface area contributed by atoms with E-state index in [0.717, 1.165) is 38.8 Å². The predicted octanol–water partition coefficient (Wildman–Crippen LogP) is 3.52. The van der Waals surface area contributed by atoms with Gasteiger partial charge in [-0.15, -0.1) is 0 Å². The topological polar surface area (TPSA) is 38.5 Å². The van der Waals surface area contributed by atoms with Crippen LogP contribution in [0.25, 0.3) is 0 Å². The summed E-state index contributed by atoms with van der Waals surface area (Å²) in [7, 11) is 0. The Bertz CT molecular complexity index is 280. The summed E-state index contributed by atoms with van der Waals surface area (Å²) in [6.07, 6.45) is 5.22. The van der Waals surface area contributed by atoms with Crippen LogP contribution in [-0.2, 0) is 4.74 Å². The van der Waals surface area contributed by atoms with Gasteiger partial charge in [-0.2, -0.15) is 0 Å². The third kappa shape index (κ3) is 5.22. The first kappa shape index (κ1) is 18.9. The van der Waals surface area contributed by atoms with Crippen LogP contribution in [0.1, 0.15) is 60.3 Å². The van der Waals surface area contributed by atoms with Crippen molar-refractivity contribution in [2.75, 3.05) is 32.8 Å². The molecule has 0 aromatic rings. The van der Waals surface area contributed by atoms with E-state index < -0.39 is 0 Å². The average molecular weight is 299 g/mol. The Balaban J connectivity index is 2.72. The van der Waals surface area contributed by atoms with Crippen molar-refractivity contribution in [3.8, 4) is 0 Å². The van der Waals surface area contributed by atoms with Crippen molar-refractivity contribution >= 4 is 0 Å². The number of likely N-dealkylation sites (N-methyl/N-ethyl adjacent to an activating group) is 1. The van der Waals surface area contributed by atoms with Gasteiger partial charge < -0.3 is 10.5 Å². The number of nitrogens with two attached hydrogens (primary N) is 1. The fourth-order valence-corrected chi connectivity index (χ4v) is 3.81. The first-order valence-electron chi connectivity index (χ1n) is 9.01. The van der Waals surface area contributed by atoms with Gasteiger partial charge in [0.1, 0.15) is 0 Å². The Morgan fingerprint density at radius 1 is 1.19 bits per heavy atom. The Kier molecular flexibility index (Phi) is 8.22. The summed E-state index contributed by atoms with van der Waals surface area (Å²) in [4.78, 5) is 2.62. The molecule has 1 aliphatic rings. The molecule has 0 aromatic heterocycles. The van der Waals surface area contributed by atoms with E-state index in [1.165, 1.54) is 25.7 Å². The van der Waals surface area contributed by atoms with Gasteiger partial charge in [0.2, 0.25) is 0 Å². The fraction of sp³-hybridized carbons (Fsp3) is 1.00. The number of nitrogens with zero attached hydrogens (tertiary/aromatic N) is 1. The van der Waals surface area contributed by atoms with E-state index in [1.807, 2.05) is 0 Å². The molecule has 21 heavy (non-hydrogen) atoms. The van der Waals surface area contributed by atoms with Crippen LogP contribution in [0.5, 0.6) is 0 Å². The predicted molar refractivity (Wildman–Crippen MR) is 91.5 cm³/mol. The molecule has 3 unspecified atom stereocenters. The molecule has 0 spiro atoms. The van der Waals surface area contributed by atoms with Gasteiger partial charge in [0.25, 0.3) is 0 Å². The largest absolute Gasteiger partial charge is 0.380 e. The normalized spacial score (nSPS) is 27.3. The molecular weight excluding hydrogens is 260 g/mol. The number of hydrogen-bond donors (Lipinski definition) is 1. The van der Waals surface area contributed by atoms with Crippen molar-refractivity contribution < 1.29 is 4.74 Å². The first-order valence-corrected chi connectivity index (χ1v) is 9.01. The third-order valence-electron chi connectivity index (χ3n) is 5.88. The van der Waals surface area contributed by atoms with Crippen LogP contribution >= 0.6 is 0 Å². The second-order valence-corrected chi connectivity index (χ2v) is 7.24. The molecule has 1 saturated carbocycles. The smallest absolute Gasteiger partial charge is 0.0593 e. The Hall–Kier alpha value is -0.120. The van der Waals surface area contributed by atoms with Gasteiger partial charge in [-0.25, -0.2) is 0 Å². The molecule has 3 heteroatoms.